The Balaban J connectivity index is 2.49. The normalized spacial score (nSPS) is 18.8. The molecule has 0 aromatic heterocycles. The molecule has 0 aliphatic carbocycles. The Labute approximate surface area is 95.6 Å². The van der Waals surface area contributed by atoms with Gasteiger partial charge in [0.15, 0.2) is 0 Å². The van der Waals surface area contributed by atoms with Gasteiger partial charge in [-0.3, -0.25) is 4.79 Å². The van der Waals surface area contributed by atoms with E-state index in [1.54, 1.807) is 4.90 Å². The largest absolute Gasteiger partial charge is 0.340 e. The van der Waals surface area contributed by atoms with Gasteiger partial charge in [-0.25, -0.2) is 0 Å². The summed E-state index contributed by atoms with van der Waals surface area (Å²) in [5, 5.41) is 20.2. The first kappa shape index (κ1) is 12.5. The number of nitrogens with one attached hydrogen (secondary N) is 1. The lowest BCUT2D eigenvalue weighted by atomic mass is 10.1. The van der Waals surface area contributed by atoms with Gasteiger partial charge in [0, 0.05) is 19.6 Å². The third-order valence-electron chi connectivity index (χ3n) is 2.71. The van der Waals surface area contributed by atoms with Crippen molar-refractivity contribution in [3.05, 3.63) is 0 Å². The van der Waals surface area contributed by atoms with Crippen LogP contribution in [-0.2, 0) is 4.79 Å². The monoisotopic (exact) mass is 220 g/mol. The van der Waals surface area contributed by atoms with E-state index in [9.17, 15) is 4.79 Å². The fourth-order valence-electron chi connectivity index (χ4n) is 1.83. The first-order valence-electron chi connectivity index (χ1n) is 5.53. The molecule has 0 aromatic rings. The van der Waals surface area contributed by atoms with Gasteiger partial charge in [-0.15, -0.1) is 0 Å². The molecule has 1 saturated heterocycles. The molecule has 86 valence electrons. The van der Waals surface area contributed by atoms with Crippen LogP contribution in [0.25, 0.3) is 0 Å². The van der Waals surface area contributed by atoms with E-state index in [0.29, 0.717) is 32.5 Å². The summed E-state index contributed by atoms with van der Waals surface area (Å²) in [6.07, 6.45) is 1.52. The number of nitriles is 2. The molecule has 5 heteroatoms. The van der Waals surface area contributed by atoms with Crippen LogP contribution in [0.5, 0.6) is 0 Å². The lowest BCUT2D eigenvalue weighted by Crippen LogP contribution is -2.38. The van der Waals surface area contributed by atoms with Gasteiger partial charge in [0.05, 0.1) is 30.9 Å². The maximum atomic E-state index is 12.0. The van der Waals surface area contributed by atoms with Gasteiger partial charge in [-0.1, -0.05) is 0 Å². The Morgan fingerprint density at radius 1 is 1.31 bits per heavy atom. The summed E-state index contributed by atoms with van der Waals surface area (Å²) >= 11 is 0. The highest BCUT2D eigenvalue weighted by atomic mass is 16.2. The second-order valence-corrected chi connectivity index (χ2v) is 3.83. The zero-order valence-corrected chi connectivity index (χ0v) is 9.28. The van der Waals surface area contributed by atoms with Crippen molar-refractivity contribution < 1.29 is 4.79 Å². The van der Waals surface area contributed by atoms with E-state index >= 15 is 0 Å². The average molecular weight is 220 g/mol. The SMILES string of the molecule is N#CCCN(CCC#N)C(=O)C1CCNC1. The first-order chi connectivity index (χ1) is 7.79. The van der Waals surface area contributed by atoms with E-state index in [4.69, 9.17) is 10.5 Å². The summed E-state index contributed by atoms with van der Waals surface area (Å²) in [5.41, 5.74) is 0. The number of amides is 1. The third kappa shape index (κ3) is 3.52. The third-order valence-corrected chi connectivity index (χ3v) is 2.71. The van der Waals surface area contributed by atoms with Crippen molar-refractivity contribution in [3.8, 4) is 12.1 Å². The molecule has 0 bridgehead atoms. The van der Waals surface area contributed by atoms with Gasteiger partial charge in [0.1, 0.15) is 0 Å². The predicted molar refractivity (Wildman–Crippen MR) is 58.0 cm³/mol. The molecule has 1 amide bonds. The maximum absolute atomic E-state index is 12.0. The summed E-state index contributed by atoms with van der Waals surface area (Å²) in [7, 11) is 0. The molecule has 1 N–H and O–H groups in total. The molecule has 1 atom stereocenters. The van der Waals surface area contributed by atoms with Gasteiger partial charge in [0.2, 0.25) is 5.91 Å². The zero-order valence-electron chi connectivity index (χ0n) is 9.28. The first-order valence-corrected chi connectivity index (χ1v) is 5.53. The molecule has 1 aliphatic heterocycles. The van der Waals surface area contributed by atoms with Gasteiger partial charge in [-0.2, -0.15) is 10.5 Å². The quantitative estimate of drug-likeness (QED) is 0.720. The number of nitrogens with zero attached hydrogens (tertiary/aromatic N) is 3. The van der Waals surface area contributed by atoms with Gasteiger partial charge >= 0.3 is 0 Å². The van der Waals surface area contributed by atoms with Crippen molar-refractivity contribution >= 4 is 5.91 Å². The Hall–Kier alpha value is -1.59. The van der Waals surface area contributed by atoms with Crippen molar-refractivity contribution in [2.75, 3.05) is 26.2 Å². The van der Waals surface area contributed by atoms with E-state index in [1.807, 2.05) is 12.1 Å². The standard InChI is InChI=1S/C11H16N4O/c12-4-1-7-15(8-2-5-13)11(16)10-3-6-14-9-10/h10,14H,1-3,6-9H2. The summed E-state index contributed by atoms with van der Waals surface area (Å²) in [6.45, 7) is 2.47. The molecule has 0 radical (unpaired) electrons. The highest BCUT2D eigenvalue weighted by molar-refractivity contribution is 5.79. The zero-order chi connectivity index (χ0) is 11.8. The highest BCUT2D eigenvalue weighted by Crippen LogP contribution is 2.12. The van der Waals surface area contributed by atoms with Crippen LogP contribution in [-0.4, -0.2) is 37.0 Å². The fourth-order valence-corrected chi connectivity index (χ4v) is 1.83. The number of rotatable bonds is 5. The lowest BCUT2D eigenvalue weighted by Gasteiger charge is -2.23. The minimum atomic E-state index is 0.0254. The Bertz CT molecular complexity index is 291. The molecule has 1 rings (SSSR count). The van der Waals surface area contributed by atoms with Crippen molar-refractivity contribution in [2.45, 2.75) is 19.3 Å². The number of hydrogen-bond donors (Lipinski definition) is 1. The van der Waals surface area contributed by atoms with E-state index in [0.717, 1.165) is 13.0 Å². The summed E-state index contributed by atoms with van der Waals surface area (Å²) in [4.78, 5) is 13.7. The van der Waals surface area contributed by atoms with Crippen LogP contribution in [0, 0.1) is 28.6 Å². The van der Waals surface area contributed by atoms with E-state index in [-0.39, 0.29) is 11.8 Å². The van der Waals surface area contributed by atoms with Gasteiger partial charge in [0.25, 0.3) is 0 Å². The second kappa shape index (κ2) is 6.81. The Kier molecular flexibility index (Phi) is 5.31. The van der Waals surface area contributed by atoms with Crippen molar-refractivity contribution in [1.29, 1.82) is 10.5 Å². The highest BCUT2D eigenvalue weighted by Gasteiger charge is 2.26. The van der Waals surface area contributed by atoms with Gasteiger partial charge in [-0.05, 0) is 13.0 Å². The van der Waals surface area contributed by atoms with Crippen LogP contribution in [0.3, 0.4) is 0 Å². The van der Waals surface area contributed by atoms with E-state index in [2.05, 4.69) is 5.32 Å². The topological polar surface area (TPSA) is 79.9 Å². The Morgan fingerprint density at radius 2 is 1.94 bits per heavy atom. The maximum Gasteiger partial charge on any atom is 0.227 e. The lowest BCUT2D eigenvalue weighted by molar-refractivity contribution is -0.134. The molecule has 0 saturated carbocycles. The summed E-state index contributed by atoms with van der Waals surface area (Å²) in [5.74, 6) is 0.105. The molecular weight excluding hydrogens is 204 g/mol. The molecule has 1 aliphatic rings. The fraction of sp³-hybridized carbons (Fsp3) is 0.727. The van der Waals surface area contributed by atoms with Crippen LogP contribution in [0.2, 0.25) is 0 Å². The summed E-state index contributed by atoms with van der Waals surface area (Å²) in [6, 6.07) is 4.06. The number of carbonyl (C=O) groups excluding carboxylic acids is 1. The number of hydrogen-bond acceptors (Lipinski definition) is 4. The average Bonchev–Trinajstić information content (AvgIpc) is 2.82. The molecule has 16 heavy (non-hydrogen) atoms. The second-order valence-electron chi connectivity index (χ2n) is 3.83. The van der Waals surface area contributed by atoms with Crippen molar-refractivity contribution in [1.82, 2.24) is 10.2 Å². The van der Waals surface area contributed by atoms with E-state index in [1.165, 1.54) is 0 Å². The summed E-state index contributed by atoms with van der Waals surface area (Å²) < 4.78 is 0. The van der Waals surface area contributed by atoms with Crippen LogP contribution in [0.4, 0.5) is 0 Å². The van der Waals surface area contributed by atoms with E-state index < -0.39 is 0 Å². The molecule has 1 unspecified atom stereocenters. The smallest absolute Gasteiger partial charge is 0.227 e. The molecule has 0 spiro atoms. The van der Waals surface area contributed by atoms with Crippen molar-refractivity contribution in [2.24, 2.45) is 5.92 Å². The van der Waals surface area contributed by atoms with Crippen molar-refractivity contribution in [3.63, 3.8) is 0 Å². The predicted octanol–water partition coefficient (Wildman–Crippen LogP) is 0.252. The van der Waals surface area contributed by atoms with Gasteiger partial charge < -0.3 is 10.2 Å². The van der Waals surface area contributed by atoms with Crippen LogP contribution >= 0.6 is 0 Å². The molecule has 1 heterocycles. The Morgan fingerprint density at radius 3 is 2.38 bits per heavy atom. The molecule has 1 fully saturated rings. The minimum Gasteiger partial charge on any atom is -0.340 e. The van der Waals surface area contributed by atoms with Crippen LogP contribution in [0.15, 0.2) is 0 Å². The van der Waals surface area contributed by atoms with Crippen LogP contribution < -0.4 is 5.32 Å². The molecule has 0 aromatic carbocycles. The van der Waals surface area contributed by atoms with Crippen LogP contribution in [0.1, 0.15) is 19.3 Å². The minimum absolute atomic E-state index is 0.0254. The molecular formula is C11H16N4O. The molecule has 5 nitrogen and oxygen atoms in total. The number of carbonyl (C=O) groups is 1.